The van der Waals surface area contributed by atoms with Gasteiger partial charge in [0.15, 0.2) is 0 Å². The molecule has 0 aliphatic rings. The molecule has 0 bridgehead atoms. The maximum absolute atomic E-state index is 13.1. The molecule has 0 spiro atoms. The minimum absolute atomic E-state index is 0.0333. The molecule has 0 saturated carbocycles. The third-order valence-electron chi connectivity index (χ3n) is 5.31. The smallest absolute Gasteiger partial charge is 0.416 e. The second kappa shape index (κ2) is 9.89. The van der Waals surface area contributed by atoms with E-state index in [1.807, 2.05) is 30.3 Å². The normalized spacial score (nSPS) is 11.2. The number of aromatic nitrogens is 1. The van der Waals surface area contributed by atoms with Crippen LogP contribution in [0.5, 0.6) is 11.5 Å². The van der Waals surface area contributed by atoms with E-state index in [9.17, 15) is 22.8 Å². The summed E-state index contributed by atoms with van der Waals surface area (Å²) in [6, 6.07) is 23.7. The summed E-state index contributed by atoms with van der Waals surface area (Å²) >= 11 is 0. The van der Waals surface area contributed by atoms with Crippen LogP contribution in [0.2, 0.25) is 0 Å². The lowest BCUT2D eigenvalue weighted by molar-refractivity contribution is -0.137. The van der Waals surface area contributed by atoms with Crippen molar-refractivity contribution in [3.63, 3.8) is 0 Å². The Balaban J connectivity index is 1.49. The lowest BCUT2D eigenvalue weighted by Gasteiger charge is -2.14. The lowest BCUT2D eigenvalue weighted by atomic mass is 10.1. The molecule has 8 heteroatoms. The zero-order valence-corrected chi connectivity index (χ0v) is 18.7. The van der Waals surface area contributed by atoms with Crippen LogP contribution >= 0.6 is 0 Å². The number of rotatable bonds is 6. The standard InChI is InChI=1S/C27H21F3N2O3/c1-18-10-15-24(26(34)32(18)21-7-5-6-20(16-21)27(28,29)30)25(33)31-17-19-11-13-23(14-12-19)35-22-8-3-2-4-9-22/h2-16H,17H2,1H3,(H,31,33). The van der Waals surface area contributed by atoms with E-state index in [2.05, 4.69) is 5.32 Å². The van der Waals surface area contributed by atoms with Crippen molar-refractivity contribution in [1.29, 1.82) is 0 Å². The number of hydrogen-bond donors (Lipinski definition) is 1. The average molecular weight is 478 g/mol. The van der Waals surface area contributed by atoms with Crippen LogP contribution in [0.25, 0.3) is 5.69 Å². The molecule has 4 aromatic rings. The first kappa shape index (κ1) is 23.8. The molecule has 3 aromatic carbocycles. The van der Waals surface area contributed by atoms with Crippen LogP contribution in [0.1, 0.15) is 27.2 Å². The quantitative estimate of drug-likeness (QED) is 0.376. The number of nitrogens with one attached hydrogen (secondary N) is 1. The Morgan fingerprint density at radius 3 is 2.26 bits per heavy atom. The molecule has 0 aliphatic heterocycles. The topological polar surface area (TPSA) is 60.3 Å². The van der Waals surface area contributed by atoms with Crippen molar-refractivity contribution in [2.24, 2.45) is 0 Å². The number of pyridine rings is 1. The highest BCUT2D eigenvalue weighted by Crippen LogP contribution is 2.30. The van der Waals surface area contributed by atoms with Crippen LogP contribution in [0, 0.1) is 6.92 Å². The average Bonchev–Trinajstić information content (AvgIpc) is 2.84. The van der Waals surface area contributed by atoms with Gasteiger partial charge < -0.3 is 10.1 Å². The van der Waals surface area contributed by atoms with Crippen LogP contribution in [0.3, 0.4) is 0 Å². The number of hydrogen-bond acceptors (Lipinski definition) is 3. The summed E-state index contributed by atoms with van der Waals surface area (Å²) in [4.78, 5) is 25.8. The van der Waals surface area contributed by atoms with Crippen LogP contribution < -0.4 is 15.6 Å². The summed E-state index contributed by atoms with van der Waals surface area (Å²) in [5, 5.41) is 2.69. The molecule has 1 N–H and O–H groups in total. The Morgan fingerprint density at radius 1 is 0.886 bits per heavy atom. The third kappa shape index (κ3) is 5.60. The van der Waals surface area contributed by atoms with E-state index >= 15 is 0 Å². The predicted molar refractivity (Wildman–Crippen MR) is 126 cm³/mol. The number of carbonyl (C=O) groups excluding carboxylic acids is 1. The number of halogens is 3. The summed E-state index contributed by atoms with van der Waals surface area (Å²) in [6.07, 6.45) is -4.55. The minimum Gasteiger partial charge on any atom is -0.457 e. The molecule has 0 fully saturated rings. The van der Waals surface area contributed by atoms with E-state index in [-0.39, 0.29) is 17.8 Å². The third-order valence-corrected chi connectivity index (χ3v) is 5.31. The van der Waals surface area contributed by atoms with Gasteiger partial charge in [-0.3, -0.25) is 14.2 Å². The fourth-order valence-corrected chi connectivity index (χ4v) is 3.52. The molecule has 178 valence electrons. The zero-order valence-electron chi connectivity index (χ0n) is 18.7. The molecule has 4 rings (SSSR count). The maximum atomic E-state index is 13.1. The number of nitrogens with zero attached hydrogens (tertiary/aromatic N) is 1. The molecule has 1 heterocycles. The number of benzene rings is 3. The van der Waals surface area contributed by atoms with Crippen LogP contribution in [0.4, 0.5) is 13.2 Å². The van der Waals surface area contributed by atoms with Gasteiger partial charge in [-0.25, -0.2) is 0 Å². The highest BCUT2D eigenvalue weighted by Gasteiger charge is 2.30. The molecule has 0 radical (unpaired) electrons. The molecule has 1 aromatic heterocycles. The van der Waals surface area contributed by atoms with E-state index in [0.29, 0.717) is 17.2 Å². The minimum atomic E-state index is -4.55. The lowest BCUT2D eigenvalue weighted by Crippen LogP contribution is -2.33. The Labute approximate surface area is 199 Å². The van der Waals surface area contributed by atoms with Crippen LogP contribution in [0.15, 0.2) is 95.8 Å². The Bertz CT molecular complexity index is 1400. The number of para-hydroxylation sites is 1. The van der Waals surface area contributed by atoms with Gasteiger partial charge >= 0.3 is 6.18 Å². The highest BCUT2D eigenvalue weighted by molar-refractivity contribution is 5.93. The second-order valence-electron chi connectivity index (χ2n) is 7.82. The van der Waals surface area contributed by atoms with Gasteiger partial charge in [0.2, 0.25) is 0 Å². The number of carbonyl (C=O) groups is 1. The van der Waals surface area contributed by atoms with Crippen LogP contribution in [-0.4, -0.2) is 10.5 Å². The van der Waals surface area contributed by atoms with E-state index in [1.165, 1.54) is 24.3 Å². The summed E-state index contributed by atoms with van der Waals surface area (Å²) in [7, 11) is 0. The van der Waals surface area contributed by atoms with E-state index in [0.717, 1.165) is 22.3 Å². The predicted octanol–water partition coefficient (Wildman–Crippen LogP) is 5.89. The molecular formula is C27H21F3N2O3. The summed E-state index contributed by atoms with van der Waals surface area (Å²) in [6.45, 7) is 1.74. The van der Waals surface area contributed by atoms with E-state index in [1.54, 1.807) is 31.2 Å². The summed E-state index contributed by atoms with van der Waals surface area (Å²) < 4.78 is 46.2. The Morgan fingerprint density at radius 2 is 1.57 bits per heavy atom. The number of aryl methyl sites for hydroxylation is 1. The molecule has 0 aliphatic carbocycles. The summed E-state index contributed by atoms with van der Waals surface area (Å²) in [5.41, 5.74) is -0.531. The molecule has 0 saturated heterocycles. The number of amides is 1. The molecule has 0 unspecified atom stereocenters. The Hall–Kier alpha value is -4.33. The fraction of sp³-hybridized carbons (Fsp3) is 0.111. The van der Waals surface area contributed by atoms with Gasteiger partial charge in [0.25, 0.3) is 11.5 Å². The fourth-order valence-electron chi connectivity index (χ4n) is 3.52. The zero-order chi connectivity index (χ0) is 25.0. The van der Waals surface area contributed by atoms with Crippen molar-refractivity contribution >= 4 is 5.91 Å². The first-order valence-corrected chi connectivity index (χ1v) is 10.7. The first-order valence-electron chi connectivity index (χ1n) is 10.7. The number of alkyl halides is 3. The van der Waals surface area contributed by atoms with Crippen molar-refractivity contribution in [3.8, 4) is 17.2 Å². The van der Waals surface area contributed by atoms with Gasteiger partial charge in [-0.2, -0.15) is 13.2 Å². The van der Waals surface area contributed by atoms with Crippen molar-refractivity contribution in [3.05, 3.63) is 124 Å². The molecular weight excluding hydrogens is 457 g/mol. The largest absolute Gasteiger partial charge is 0.457 e. The second-order valence-corrected chi connectivity index (χ2v) is 7.82. The van der Waals surface area contributed by atoms with Gasteiger partial charge in [-0.05, 0) is 67.1 Å². The molecule has 1 amide bonds. The number of ether oxygens (including phenoxy) is 1. The molecule has 5 nitrogen and oxygen atoms in total. The van der Waals surface area contributed by atoms with Crippen LogP contribution in [-0.2, 0) is 12.7 Å². The van der Waals surface area contributed by atoms with Gasteiger partial charge in [0.05, 0.1) is 5.56 Å². The Kier molecular flexibility index (Phi) is 6.73. The monoisotopic (exact) mass is 478 g/mol. The van der Waals surface area contributed by atoms with E-state index in [4.69, 9.17) is 4.74 Å². The van der Waals surface area contributed by atoms with Gasteiger partial charge in [0, 0.05) is 17.9 Å². The molecule has 0 atom stereocenters. The highest BCUT2D eigenvalue weighted by atomic mass is 19.4. The van der Waals surface area contributed by atoms with Gasteiger partial charge in [0.1, 0.15) is 17.1 Å². The summed E-state index contributed by atoms with van der Waals surface area (Å²) in [5.74, 6) is 0.707. The van der Waals surface area contributed by atoms with E-state index < -0.39 is 23.2 Å². The van der Waals surface area contributed by atoms with Gasteiger partial charge in [-0.15, -0.1) is 0 Å². The van der Waals surface area contributed by atoms with Crippen molar-refractivity contribution in [1.82, 2.24) is 9.88 Å². The van der Waals surface area contributed by atoms with Crippen molar-refractivity contribution < 1.29 is 22.7 Å². The molecule has 35 heavy (non-hydrogen) atoms. The first-order chi connectivity index (χ1) is 16.7. The SMILES string of the molecule is Cc1ccc(C(=O)NCc2ccc(Oc3ccccc3)cc2)c(=O)n1-c1cccc(C(F)(F)F)c1. The maximum Gasteiger partial charge on any atom is 0.416 e. The van der Waals surface area contributed by atoms with Crippen molar-refractivity contribution in [2.75, 3.05) is 0 Å². The van der Waals surface area contributed by atoms with Gasteiger partial charge in [-0.1, -0.05) is 36.4 Å². The van der Waals surface area contributed by atoms with Crippen molar-refractivity contribution in [2.45, 2.75) is 19.6 Å².